The van der Waals surface area contributed by atoms with Crippen molar-refractivity contribution >= 4 is 34.3 Å². The van der Waals surface area contributed by atoms with E-state index in [2.05, 4.69) is 41.2 Å². The molecule has 0 saturated carbocycles. The quantitative estimate of drug-likeness (QED) is 0.378. The summed E-state index contributed by atoms with van der Waals surface area (Å²) < 4.78 is 0. The molecule has 2 N–H and O–H groups in total. The number of anilines is 1. The zero-order chi connectivity index (χ0) is 24.5. The van der Waals surface area contributed by atoms with E-state index in [4.69, 9.17) is 16.9 Å². The van der Waals surface area contributed by atoms with E-state index in [0.29, 0.717) is 28.5 Å². The summed E-state index contributed by atoms with van der Waals surface area (Å²) in [6.07, 6.45) is 3.35. The number of fused-ring (bicyclic) bond motifs is 1. The number of nitrogens with zero attached hydrogens (tertiary/aromatic N) is 3. The maximum Gasteiger partial charge on any atom is 0.168 e. The molecule has 2 heterocycles. The van der Waals surface area contributed by atoms with Crippen molar-refractivity contribution < 1.29 is 4.79 Å². The summed E-state index contributed by atoms with van der Waals surface area (Å²) in [5, 5.41) is 17.8. The Labute approximate surface area is 206 Å². The number of aldehydes is 1. The molecule has 0 radical (unpaired) electrons. The van der Waals surface area contributed by atoms with Crippen molar-refractivity contribution in [3.8, 4) is 17.3 Å². The largest absolute Gasteiger partial charge is 0.379 e. The van der Waals surface area contributed by atoms with Crippen LogP contribution in [0.25, 0.3) is 22.0 Å². The molecule has 0 unspecified atom stereocenters. The minimum Gasteiger partial charge on any atom is -0.379 e. The van der Waals surface area contributed by atoms with Gasteiger partial charge < -0.3 is 15.5 Å². The third kappa shape index (κ3) is 6.64. The molecule has 3 aromatic rings. The van der Waals surface area contributed by atoms with Crippen molar-refractivity contribution in [1.82, 2.24) is 15.2 Å². The average molecular weight is 476 g/mol. The normalized spacial score (nSPS) is 14.1. The van der Waals surface area contributed by atoms with E-state index < -0.39 is 0 Å². The van der Waals surface area contributed by atoms with Gasteiger partial charge in [-0.3, -0.25) is 4.79 Å². The average Bonchev–Trinajstić information content (AvgIpc) is 2.88. The molecule has 0 spiro atoms. The van der Waals surface area contributed by atoms with E-state index in [0.717, 1.165) is 34.4 Å². The predicted molar refractivity (Wildman–Crippen MR) is 140 cm³/mol. The van der Waals surface area contributed by atoms with E-state index in [9.17, 15) is 4.79 Å². The standard InChI is InChI=1S/C20H14ClN3O.C7H16N2/c1-13(10-22)11-23-20-17-9-15(6-5-14(17)7-8-18(20)21)19-4-2-3-16(12-25)24-19;1-8-7-3-5-9(2)6-4-7/h2-9,12,23H,1,11H2;7-8H,3-6H2,1-2H3. The Bertz CT molecular complexity index is 1200. The third-order valence-electron chi connectivity index (χ3n) is 5.92. The smallest absolute Gasteiger partial charge is 0.168 e. The molecule has 2 aromatic carbocycles. The first-order valence-corrected chi connectivity index (χ1v) is 11.7. The number of hydrogen-bond acceptors (Lipinski definition) is 6. The second-order valence-corrected chi connectivity index (χ2v) is 8.77. The summed E-state index contributed by atoms with van der Waals surface area (Å²) in [6.45, 7) is 6.50. The van der Waals surface area contributed by atoms with Gasteiger partial charge in [0.15, 0.2) is 6.29 Å². The molecule has 0 amide bonds. The molecule has 1 saturated heterocycles. The number of piperidine rings is 1. The zero-order valence-electron chi connectivity index (χ0n) is 19.6. The Balaban J connectivity index is 0.000000302. The molecule has 1 aliphatic rings. The molecule has 176 valence electrons. The van der Waals surface area contributed by atoms with Gasteiger partial charge in [-0.05, 0) is 69.7 Å². The number of aromatic nitrogens is 1. The van der Waals surface area contributed by atoms with Crippen LogP contribution in [0.2, 0.25) is 5.02 Å². The SMILES string of the molecule is C=C(C#N)CNc1c(Cl)ccc2ccc(-c3cccc(C=O)n3)cc12.CNC1CCN(C)CC1. The Morgan fingerprint density at radius 1 is 1.26 bits per heavy atom. The van der Waals surface area contributed by atoms with Crippen molar-refractivity contribution in [1.29, 1.82) is 5.26 Å². The van der Waals surface area contributed by atoms with Gasteiger partial charge >= 0.3 is 0 Å². The van der Waals surface area contributed by atoms with Crippen molar-refractivity contribution in [3.63, 3.8) is 0 Å². The fourth-order valence-corrected chi connectivity index (χ4v) is 4.07. The van der Waals surface area contributed by atoms with Gasteiger partial charge in [0.2, 0.25) is 0 Å². The molecular weight excluding hydrogens is 446 g/mol. The number of pyridine rings is 1. The fourth-order valence-electron chi connectivity index (χ4n) is 3.84. The molecule has 4 rings (SSSR count). The molecule has 34 heavy (non-hydrogen) atoms. The second kappa shape index (κ2) is 12.3. The van der Waals surface area contributed by atoms with Gasteiger partial charge in [0.05, 0.1) is 22.5 Å². The summed E-state index contributed by atoms with van der Waals surface area (Å²) in [7, 11) is 4.24. The van der Waals surface area contributed by atoms with Gasteiger partial charge in [-0.2, -0.15) is 5.26 Å². The van der Waals surface area contributed by atoms with Crippen LogP contribution in [-0.2, 0) is 0 Å². The van der Waals surface area contributed by atoms with Crippen molar-refractivity contribution in [2.45, 2.75) is 18.9 Å². The van der Waals surface area contributed by atoms with E-state index in [1.807, 2.05) is 42.5 Å². The van der Waals surface area contributed by atoms with Crippen molar-refractivity contribution in [3.05, 3.63) is 71.4 Å². The lowest BCUT2D eigenvalue weighted by Crippen LogP contribution is -2.39. The molecular formula is C27H30ClN5O. The molecule has 0 bridgehead atoms. The number of nitrogens with one attached hydrogen (secondary N) is 2. The van der Waals surface area contributed by atoms with E-state index >= 15 is 0 Å². The fraction of sp³-hybridized carbons (Fsp3) is 0.296. The van der Waals surface area contributed by atoms with Crippen LogP contribution in [0.15, 0.2) is 60.7 Å². The van der Waals surface area contributed by atoms with E-state index in [1.54, 1.807) is 12.1 Å². The molecule has 7 heteroatoms. The number of nitriles is 1. The first-order valence-electron chi connectivity index (χ1n) is 11.3. The number of rotatable bonds is 6. The Morgan fingerprint density at radius 3 is 2.68 bits per heavy atom. The molecule has 1 aromatic heterocycles. The topological polar surface area (TPSA) is 81.0 Å². The van der Waals surface area contributed by atoms with Crippen LogP contribution in [0.4, 0.5) is 5.69 Å². The van der Waals surface area contributed by atoms with Crippen LogP contribution < -0.4 is 10.6 Å². The number of carbonyl (C=O) groups excluding carboxylic acids is 1. The second-order valence-electron chi connectivity index (χ2n) is 8.36. The van der Waals surface area contributed by atoms with Crippen LogP contribution in [-0.4, -0.2) is 55.9 Å². The van der Waals surface area contributed by atoms with Gasteiger partial charge in [-0.15, -0.1) is 0 Å². The first kappa shape index (κ1) is 25.4. The minimum absolute atomic E-state index is 0.318. The number of halogens is 1. The Kier molecular flexibility index (Phi) is 9.17. The van der Waals surface area contributed by atoms with Gasteiger partial charge in [0.25, 0.3) is 0 Å². The predicted octanol–water partition coefficient (Wildman–Crippen LogP) is 5.16. The molecule has 0 atom stereocenters. The number of benzene rings is 2. The van der Waals surface area contributed by atoms with Gasteiger partial charge in [0.1, 0.15) is 5.69 Å². The van der Waals surface area contributed by atoms with Gasteiger partial charge in [0, 0.05) is 29.1 Å². The number of likely N-dealkylation sites (tertiary alicyclic amines) is 1. The zero-order valence-corrected chi connectivity index (χ0v) is 20.4. The molecule has 6 nitrogen and oxygen atoms in total. The van der Waals surface area contributed by atoms with Crippen LogP contribution in [0, 0.1) is 11.3 Å². The van der Waals surface area contributed by atoms with Crippen LogP contribution >= 0.6 is 11.6 Å². The maximum absolute atomic E-state index is 11.0. The lowest BCUT2D eigenvalue weighted by atomic mass is 10.0. The number of carbonyl (C=O) groups is 1. The summed E-state index contributed by atoms with van der Waals surface area (Å²) in [4.78, 5) is 17.7. The highest BCUT2D eigenvalue weighted by Crippen LogP contribution is 2.34. The maximum atomic E-state index is 11.0. The summed E-state index contributed by atoms with van der Waals surface area (Å²) in [5.74, 6) is 0. The van der Waals surface area contributed by atoms with Gasteiger partial charge in [-0.25, -0.2) is 4.98 Å². The lowest BCUT2D eigenvalue weighted by Gasteiger charge is -2.28. The summed E-state index contributed by atoms with van der Waals surface area (Å²) in [6, 6.07) is 17.7. The monoisotopic (exact) mass is 475 g/mol. The van der Waals surface area contributed by atoms with E-state index in [1.165, 1.54) is 25.9 Å². The third-order valence-corrected chi connectivity index (χ3v) is 6.24. The highest BCUT2D eigenvalue weighted by molar-refractivity contribution is 6.35. The summed E-state index contributed by atoms with van der Waals surface area (Å²) >= 11 is 6.34. The van der Waals surface area contributed by atoms with Crippen LogP contribution in [0.3, 0.4) is 0 Å². The molecule has 1 fully saturated rings. The highest BCUT2D eigenvalue weighted by atomic mass is 35.5. The summed E-state index contributed by atoms with van der Waals surface area (Å²) in [5.41, 5.74) is 3.13. The first-order chi connectivity index (χ1) is 16.4. The van der Waals surface area contributed by atoms with Crippen LogP contribution in [0.5, 0.6) is 0 Å². The molecule has 1 aliphatic heterocycles. The molecule has 0 aliphatic carbocycles. The lowest BCUT2D eigenvalue weighted by molar-refractivity contribution is 0.111. The van der Waals surface area contributed by atoms with Gasteiger partial charge in [-0.1, -0.05) is 42.4 Å². The Hall–Kier alpha value is -3.24. The minimum atomic E-state index is 0.318. The Morgan fingerprint density at radius 2 is 2.00 bits per heavy atom. The van der Waals surface area contributed by atoms with Crippen LogP contribution in [0.1, 0.15) is 23.3 Å². The van der Waals surface area contributed by atoms with Crippen molar-refractivity contribution in [2.24, 2.45) is 0 Å². The number of hydrogen-bond donors (Lipinski definition) is 2. The van der Waals surface area contributed by atoms with E-state index in [-0.39, 0.29) is 0 Å². The van der Waals surface area contributed by atoms with Crippen molar-refractivity contribution in [2.75, 3.05) is 39.0 Å². The highest BCUT2D eigenvalue weighted by Gasteiger charge is 2.13.